The Labute approximate surface area is 163 Å². The second-order valence-electron chi connectivity index (χ2n) is 6.96. The summed E-state index contributed by atoms with van der Waals surface area (Å²) in [4.78, 5) is 29.0. The Balaban J connectivity index is 1.75. The molecule has 1 amide bonds. The van der Waals surface area contributed by atoms with Crippen LogP contribution in [0, 0.1) is 6.92 Å². The van der Waals surface area contributed by atoms with Gasteiger partial charge in [0.05, 0.1) is 0 Å². The van der Waals surface area contributed by atoms with Crippen LogP contribution in [0.2, 0.25) is 0 Å². The predicted molar refractivity (Wildman–Crippen MR) is 103 cm³/mol. The molecule has 0 fully saturated rings. The molecule has 4 nitrogen and oxygen atoms in total. The number of allylic oxidation sites excluding steroid dienone is 1. The van der Waals surface area contributed by atoms with Crippen molar-refractivity contribution >= 4 is 39.9 Å². The minimum absolute atomic E-state index is 0.193. The van der Waals surface area contributed by atoms with Gasteiger partial charge < -0.3 is 5.32 Å². The van der Waals surface area contributed by atoms with E-state index in [2.05, 4.69) is 10.3 Å². The lowest BCUT2D eigenvalue weighted by molar-refractivity contribution is -0.113. The van der Waals surface area contributed by atoms with Crippen molar-refractivity contribution in [2.24, 2.45) is 0 Å². The molecule has 2 aromatic heterocycles. The van der Waals surface area contributed by atoms with Crippen molar-refractivity contribution in [1.82, 2.24) is 4.98 Å². The lowest BCUT2D eigenvalue weighted by Crippen LogP contribution is -2.24. The van der Waals surface area contributed by atoms with E-state index >= 15 is 0 Å². The molecule has 142 valence electrons. The number of carbonyl (C=O) groups excluding carboxylic acids is 2. The average Bonchev–Trinajstić information content (AvgIpc) is 3.31. The Morgan fingerprint density at radius 2 is 2.15 bits per heavy atom. The van der Waals surface area contributed by atoms with Crippen molar-refractivity contribution in [3.8, 4) is 10.6 Å². The van der Waals surface area contributed by atoms with E-state index < -0.39 is 5.92 Å². The summed E-state index contributed by atoms with van der Waals surface area (Å²) < 4.78 is 27.8. The van der Waals surface area contributed by atoms with Crippen molar-refractivity contribution in [3.63, 3.8) is 0 Å². The lowest BCUT2D eigenvalue weighted by atomic mass is 9.93. The first-order chi connectivity index (χ1) is 12.9. The Bertz CT molecular complexity index is 959. The number of hydrogen-bond donors (Lipinski definition) is 1. The molecule has 0 aliphatic heterocycles. The van der Waals surface area contributed by atoms with Crippen LogP contribution in [-0.2, 0) is 22.4 Å². The number of rotatable bonds is 4. The van der Waals surface area contributed by atoms with Gasteiger partial charge in [-0.25, -0.2) is 13.8 Å². The molecule has 0 atom stereocenters. The number of anilines is 1. The number of halogens is 2. The highest BCUT2D eigenvalue weighted by Crippen LogP contribution is 2.48. The molecule has 2 heterocycles. The number of thiophene rings is 1. The first kappa shape index (κ1) is 18.4. The largest absolute Gasteiger partial charge is 0.313 e. The molecule has 4 rings (SSSR count). The van der Waals surface area contributed by atoms with E-state index in [1.807, 2.05) is 12.3 Å². The van der Waals surface area contributed by atoms with Gasteiger partial charge in [0.15, 0.2) is 0 Å². The SMILES string of the molecule is Cc1csc(-c2c(NC(=O)C3=C(C=O)CCC3)sc3c2CCC(F)(F)C3)n1. The molecule has 2 aliphatic rings. The van der Waals surface area contributed by atoms with Gasteiger partial charge in [-0.1, -0.05) is 0 Å². The maximum absolute atomic E-state index is 13.9. The van der Waals surface area contributed by atoms with Gasteiger partial charge in [-0.3, -0.25) is 9.59 Å². The Kier molecular flexibility index (Phi) is 4.71. The molecule has 0 bridgehead atoms. The number of alkyl halides is 2. The Morgan fingerprint density at radius 3 is 2.85 bits per heavy atom. The highest BCUT2D eigenvalue weighted by atomic mass is 32.1. The zero-order valence-electron chi connectivity index (χ0n) is 14.7. The quantitative estimate of drug-likeness (QED) is 0.731. The van der Waals surface area contributed by atoms with Crippen molar-refractivity contribution < 1.29 is 18.4 Å². The van der Waals surface area contributed by atoms with Gasteiger partial charge in [-0.2, -0.15) is 0 Å². The maximum atomic E-state index is 13.9. The fourth-order valence-corrected chi connectivity index (χ4v) is 5.93. The zero-order valence-corrected chi connectivity index (χ0v) is 16.4. The van der Waals surface area contributed by atoms with Gasteiger partial charge in [-0.05, 0) is 38.2 Å². The van der Waals surface area contributed by atoms with Gasteiger partial charge in [0.1, 0.15) is 16.3 Å². The van der Waals surface area contributed by atoms with E-state index in [4.69, 9.17) is 0 Å². The molecule has 0 aromatic carbocycles. The van der Waals surface area contributed by atoms with Gasteiger partial charge >= 0.3 is 0 Å². The monoisotopic (exact) mass is 408 g/mol. The number of fused-ring (bicyclic) bond motifs is 1. The highest BCUT2D eigenvalue weighted by Gasteiger charge is 2.38. The van der Waals surface area contributed by atoms with Crippen LogP contribution in [0.15, 0.2) is 16.5 Å². The molecule has 2 aliphatic carbocycles. The van der Waals surface area contributed by atoms with Crippen molar-refractivity contribution in [2.45, 2.75) is 51.4 Å². The van der Waals surface area contributed by atoms with Crippen LogP contribution in [0.4, 0.5) is 13.8 Å². The molecular weight excluding hydrogens is 390 g/mol. The smallest absolute Gasteiger partial charge is 0.253 e. The fraction of sp³-hybridized carbons (Fsp3) is 0.421. The summed E-state index contributed by atoms with van der Waals surface area (Å²) in [7, 11) is 0. The van der Waals surface area contributed by atoms with Crippen LogP contribution in [0.3, 0.4) is 0 Å². The molecule has 0 saturated heterocycles. The number of nitrogens with one attached hydrogen (secondary N) is 1. The average molecular weight is 408 g/mol. The third-order valence-electron chi connectivity index (χ3n) is 4.99. The van der Waals surface area contributed by atoms with E-state index in [-0.39, 0.29) is 25.2 Å². The predicted octanol–water partition coefficient (Wildman–Crippen LogP) is 4.92. The molecule has 0 radical (unpaired) electrons. The number of aromatic nitrogens is 1. The van der Waals surface area contributed by atoms with E-state index in [1.165, 1.54) is 22.7 Å². The minimum Gasteiger partial charge on any atom is -0.313 e. The first-order valence-electron chi connectivity index (χ1n) is 8.81. The second-order valence-corrected chi connectivity index (χ2v) is 8.93. The van der Waals surface area contributed by atoms with E-state index in [0.29, 0.717) is 33.9 Å². The number of aldehydes is 1. The molecule has 1 N–H and O–H groups in total. The second kappa shape index (κ2) is 6.91. The zero-order chi connectivity index (χ0) is 19.2. The lowest BCUT2D eigenvalue weighted by Gasteiger charge is -2.21. The number of thiazole rings is 1. The van der Waals surface area contributed by atoms with Crippen LogP contribution < -0.4 is 5.32 Å². The normalized spacial score (nSPS) is 18.5. The van der Waals surface area contributed by atoms with Crippen molar-refractivity contribution in [3.05, 3.63) is 32.7 Å². The van der Waals surface area contributed by atoms with Crippen LogP contribution in [0.5, 0.6) is 0 Å². The summed E-state index contributed by atoms with van der Waals surface area (Å²) in [5.74, 6) is -3.03. The van der Waals surface area contributed by atoms with Gasteiger partial charge in [0, 0.05) is 45.5 Å². The molecule has 8 heteroatoms. The first-order valence-corrected chi connectivity index (χ1v) is 10.5. The molecule has 0 spiro atoms. The number of carbonyl (C=O) groups is 2. The topological polar surface area (TPSA) is 59.1 Å². The van der Waals surface area contributed by atoms with E-state index in [0.717, 1.165) is 34.5 Å². The molecule has 0 saturated carbocycles. The molecule has 0 unspecified atom stereocenters. The summed E-state index contributed by atoms with van der Waals surface area (Å²) in [6.45, 7) is 1.88. The summed E-state index contributed by atoms with van der Waals surface area (Å²) in [6.07, 6.45) is 2.47. The highest BCUT2D eigenvalue weighted by molar-refractivity contribution is 7.18. The van der Waals surface area contributed by atoms with Crippen LogP contribution in [0.1, 0.15) is 41.8 Å². The number of aryl methyl sites for hydroxylation is 1. The Hall–Kier alpha value is -1.93. The third kappa shape index (κ3) is 3.48. The van der Waals surface area contributed by atoms with Gasteiger partial charge in [0.25, 0.3) is 11.8 Å². The third-order valence-corrected chi connectivity index (χ3v) is 7.11. The van der Waals surface area contributed by atoms with Crippen molar-refractivity contribution in [1.29, 1.82) is 0 Å². The number of hydrogen-bond acceptors (Lipinski definition) is 5. The number of nitrogens with zero attached hydrogens (tertiary/aromatic N) is 1. The van der Waals surface area contributed by atoms with E-state index in [1.54, 1.807) is 0 Å². The molecule has 27 heavy (non-hydrogen) atoms. The summed E-state index contributed by atoms with van der Waals surface area (Å²) in [5, 5.41) is 6.10. The van der Waals surface area contributed by atoms with E-state index in [9.17, 15) is 18.4 Å². The number of amides is 1. The molecule has 2 aromatic rings. The standard InChI is InChI=1S/C19H18F2N2O2S2/c1-10-9-26-17(22-10)15-13-5-6-19(20,21)7-14(13)27-18(15)23-16(25)12-4-2-3-11(12)8-24/h8-9H,2-7H2,1H3,(H,23,25). The van der Waals surface area contributed by atoms with Crippen LogP contribution in [0.25, 0.3) is 10.6 Å². The maximum Gasteiger partial charge on any atom is 0.253 e. The summed E-state index contributed by atoms with van der Waals surface area (Å²) in [5.41, 5.74) is 3.53. The van der Waals surface area contributed by atoms with Crippen LogP contribution >= 0.6 is 22.7 Å². The minimum atomic E-state index is -2.71. The van der Waals surface area contributed by atoms with Gasteiger partial charge in [0.2, 0.25) is 0 Å². The fourth-order valence-electron chi connectivity index (χ4n) is 3.67. The molecular formula is C19H18F2N2O2S2. The van der Waals surface area contributed by atoms with Crippen molar-refractivity contribution in [2.75, 3.05) is 5.32 Å². The van der Waals surface area contributed by atoms with Gasteiger partial charge in [-0.15, -0.1) is 22.7 Å². The van der Waals surface area contributed by atoms with Crippen LogP contribution in [-0.4, -0.2) is 23.1 Å². The summed E-state index contributed by atoms with van der Waals surface area (Å²) in [6, 6.07) is 0. The summed E-state index contributed by atoms with van der Waals surface area (Å²) >= 11 is 2.66. The Morgan fingerprint density at radius 1 is 1.33 bits per heavy atom.